The molecule has 116 valence electrons. The van der Waals surface area contributed by atoms with Crippen LogP contribution in [0, 0.1) is 0 Å². The van der Waals surface area contributed by atoms with Crippen molar-refractivity contribution in [1.29, 1.82) is 0 Å². The van der Waals surface area contributed by atoms with Crippen molar-refractivity contribution in [3.8, 4) is 0 Å². The zero-order chi connectivity index (χ0) is 15.5. The second kappa shape index (κ2) is 6.97. The van der Waals surface area contributed by atoms with E-state index in [0.29, 0.717) is 5.56 Å². The highest BCUT2D eigenvalue weighted by molar-refractivity contribution is 9.10. The number of halogens is 4. The standard InChI is InChI=1S/C16H19BrF3N/c1-21-15(11-6-4-2-3-5-7-11)12-8-9-14(17)13(10-12)16(18,19)20/h6,8-10,15,21H,2-5,7H2,1H3. The van der Waals surface area contributed by atoms with Crippen molar-refractivity contribution in [2.24, 2.45) is 0 Å². The molecule has 5 heteroatoms. The number of benzene rings is 1. The zero-order valence-corrected chi connectivity index (χ0v) is 13.5. The number of rotatable bonds is 3. The van der Waals surface area contributed by atoms with Gasteiger partial charge in [0.15, 0.2) is 0 Å². The maximum Gasteiger partial charge on any atom is 0.417 e. The number of hydrogen-bond donors (Lipinski definition) is 1. The molecule has 1 unspecified atom stereocenters. The van der Waals surface area contributed by atoms with Crippen molar-refractivity contribution in [2.75, 3.05) is 7.05 Å². The second-order valence-corrected chi connectivity index (χ2v) is 6.19. The lowest BCUT2D eigenvalue weighted by molar-refractivity contribution is -0.138. The molecular formula is C16H19BrF3N. The molecule has 1 aromatic carbocycles. The van der Waals surface area contributed by atoms with Crippen LogP contribution in [-0.2, 0) is 6.18 Å². The molecule has 1 aromatic rings. The van der Waals surface area contributed by atoms with Crippen molar-refractivity contribution in [1.82, 2.24) is 5.32 Å². The summed E-state index contributed by atoms with van der Waals surface area (Å²) in [5, 5.41) is 3.16. The molecule has 0 aliphatic heterocycles. The van der Waals surface area contributed by atoms with Crippen LogP contribution in [0.2, 0.25) is 0 Å². The van der Waals surface area contributed by atoms with Crippen LogP contribution in [0.5, 0.6) is 0 Å². The van der Waals surface area contributed by atoms with Crippen LogP contribution in [-0.4, -0.2) is 7.05 Å². The van der Waals surface area contributed by atoms with E-state index in [1.165, 1.54) is 24.1 Å². The molecule has 0 fully saturated rings. The van der Waals surface area contributed by atoms with Gasteiger partial charge in [-0.2, -0.15) is 13.2 Å². The first kappa shape index (κ1) is 16.6. The summed E-state index contributed by atoms with van der Waals surface area (Å²) in [6, 6.07) is 4.35. The van der Waals surface area contributed by atoms with Crippen molar-refractivity contribution < 1.29 is 13.2 Å². The molecule has 0 saturated carbocycles. The SMILES string of the molecule is CNC(C1=CCCCCC1)c1ccc(Br)c(C(F)(F)F)c1. The minimum absolute atomic E-state index is 0.0865. The first-order chi connectivity index (χ1) is 9.93. The van der Waals surface area contributed by atoms with E-state index < -0.39 is 11.7 Å². The molecule has 1 aliphatic carbocycles. The number of alkyl halides is 3. The quantitative estimate of drug-likeness (QED) is 0.689. The summed E-state index contributed by atoms with van der Waals surface area (Å²) in [7, 11) is 1.80. The lowest BCUT2D eigenvalue weighted by Gasteiger charge is -2.22. The van der Waals surface area contributed by atoms with E-state index in [4.69, 9.17) is 0 Å². The summed E-state index contributed by atoms with van der Waals surface area (Å²) in [6.07, 6.45) is 3.25. The lowest BCUT2D eigenvalue weighted by Crippen LogP contribution is -2.19. The first-order valence-electron chi connectivity index (χ1n) is 7.16. The number of nitrogens with one attached hydrogen (secondary N) is 1. The fraction of sp³-hybridized carbons (Fsp3) is 0.500. The van der Waals surface area contributed by atoms with Crippen molar-refractivity contribution in [3.05, 3.63) is 45.4 Å². The van der Waals surface area contributed by atoms with Gasteiger partial charge in [-0.1, -0.05) is 40.1 Å². The molecule has 21 heavy (non-hydrogen) atoms. The minimum Gasteiger partial charge on any atom is -0.310 e. The second-order valence-electron chi connectivity index (χ2n) is 5.34. The third-order valence-electron chi connectivity index (χ3n) is 3.86. The van der Waals surface area contributed by atoms with Crippen LogP contribution in [0.1, 0.15) is 49.3 Å². The van der Waals surface area contributed by atoms with Crippen LogP contribution in [0.3, 0.4) is 0 Å². The van der Waals surface area contributed by atoms with Gasteiger partial charge in [-0.3, -0.25) is 0 Å². The zero-order valence-electron chi connectivity index (χ0n) is 11.9. The summed E-state index contributed by atoms with van der Waals surface area (Å²) in [5.74, 6) is 0. The van der Waals surface area contributed by atoms with E-state index in [-0.39, 0.29) is 10.5 Å². The predicted molar refractivity (Wildman–Crippen MR) is 82.1 cm³/mol. The Kier molecular flexibility index (Phi) is 5.49. The average molecular weight is 362 g/mol. The maximum absolute atomic E-state index is 13.0. The lowest BCUT2D eigenvalue weighted by atomic mass is 9.94. The highest BCUT2D eigenvalue weighted by atomic mass is 79.9. The highest BCUT2D eigenvalue weighted by Gasteiger charge is 2.33. The Morgan fingerprint density at radius 1 is 1.19 bits per heavy atom. The number of allylic oxidation sites excluding steroid dienone is 1. The predicted octanol–water partition coefficient (Wildman–Crippen LogP) is 5.62. The van der Waals surface area contributed by atoms with Gasteiger partial charge in [0, 0.05) is 4.47 Å². The first-order valence-corrected chi connectivity index (χ1v) is 7.95. The van der Waals surface area contributed by atoms with Crippen LogP contribution in [0.4, 0.5) is 13.2 Å². The summed E-state index contributed by atoms with van der Waals surface area (Å²) in [5.41, 5.74) is 1.25. The van der Waals surface area contributed by atoms with E-state index in [2.05, 4.69) is 27.3 Å². The van der Waals surface area contributed by atoms with Crippen LogP contribution < -0.4 is 5.32 Å². The van der Waals surface area contributed by atoms with Gasteiger partial charge in [0.1, 0.15) is 0 Å². The Hall–Kier alpha value is -0.810. The molecule has 2 rings (SSSR count). The average Bonchev–Trinajstić information content (AvgIpc) is 2.69. The van der Waals surface area contributed by atoms with Gasteiger partial charge in [-0.25, -0.2) is 0 Å². The van der Waals surface area contributed by atoms with Gasteiger partial charge in [0.25, 0.3) is 0 Å². The van der Waals surface area contributed by atoms with E-state index in [9.17, 15) is 13.2 Å². The molecule has 1 nitrogen and oxygen atoms in total. The molecule has 1 atom stereocenters. The molecule has 1 aliphatic rings. The Balaban J connectivity index is 2.36. The van der Waals surface area contributed by atoms with E-state index in [1.54, 1.807) is 13.1 Å². The summed E-state index contributed by atoms with van der Waals surface area (Å²) >= 11 is 2.99. The highest BCUT2D eigenvalue weighted by Crippen LogP contribution is 2.38. The molecule has 0 spiro atoms. The molecule has 0 aromatic heterocycles. The molecule has 1 N–H and O–H groups in total. The van der Waals surface area contributed by atoms with Gasteiger partial charge in [-0.15, -0.1) is 0 Å². The van der Waals surface area contributed by atoms with Gasteiger partial charge >= 0.3 is 6.18 Å². The smallest absolute Gasteiger partial charge is 0.310 e. The number of likely N-dealkylation sites (N-methyl/N-ethyl adjacent to an activating group) is 1. The third kappa shape index (κ3) is 4.10. The maximum atomic E-state index is 13.0. The van der Waals surface area contributed by atoms with Crippen LogP contribution >= 0.6 is 15.9 Å². The fourth-order valence-corrected chi connectivity index (χ4v) is 3.28. The van der Waals surface area contributed by atoms with Gasteiger partial charge < -0.3 is 5.32 Å². The Labute approximate surface area is 131 Å². The molecule has 0 amide bonds. The minimum atomic E-state index is -4.34. The van der Waals surface area contributed by atoms with Gasteiger partial charge in [0.05, 0.1) is 11.6 Å². The topological polar surface area (TPSA) is 12.0 Å². The Morgan fingerprint density at radius 3 is 2.62 bits per heavy atom. The summed E-state index contributed by atoms with van der Waals surface area (Å²) in [4.78, 5) is 0. The fourth-order valence-electron chi connectivity index (χ4n) is 2.81. The molecular weight excluding hydrogens is 343 g/mol. The molecule has 0 heterocycles. The van der Waals surface area contributed by atoms with Crippen molar-refractivity contribution in [3.63, 3.8) is 0 Å². The van der Waals surface area contributed by atoms with E-state index >= 15 is 0 Å². The Morgan fingerprint density at radius 2 is 1.95 bits per heavy atom. The monoisotopic (exact) mass is 361 g/mol. The third-order valence-corrected chi connectivity index (χ3v) is 4.56. The molecule has 0 saturated heterocycles. The number of hydrogen-bond acceptors (Lipinski definition) is 1. The van der Waals surface area contributed by atoms with Gasteiger partial charge in [-0.05, 0) is 50.4 Å². The summed E-state index contributed by atoms with van der Waals surface area (Å²) in [6.45, 7) is 0. The van der Waals surface area contributed by atoms with E-state index in [1.807, 2.05) is 0 Å². The van der Waals surface area contributed by atoms with Crippen molar-refractivity contribution in [2.45, 2.75) is 44.3 Å². The van der Waals surface area contributed by atoms with E-state index in [0.717, 1.165) is 25.7 Å². The molecule has 0 radical (unpaired) electrons. The Bertz CT molecular complexity index is 523. The van der Waals surface area contributed by atoms with Crippen molar-refractivity contribution >= 4 is 15.9 Å². The van der Waals surface area contributed by atoms with Crippen LogP contribution in [0.15, 0.2) is 34.3 Å². The molecule has 0 bridgehead atoms. The normalized spacial score (nSPS) is 18.0. The van der Waals surface area contributed by atoms with Gasteiger partial charge in [0.2, 0.25) is 0 Å². The summed E-state index contributed by atoms with van der Waals surface area (Å²) < 4.78 is 39.2. The largest absolute Gasteiger partial charge is 0.417 e. The van der Waals surface area contributed by atoms with Crippen LogP contribution in [0.25, 0.3) is 0 Å².